The fourth-order valence-corrected chi connectivity index (χ4v) is 4.37. The Morgan fingerprint density at radius 3 is 2.79 bits per heavy atom. The van der Waals surface area contributed by atoms with Crippen molar-refractivity contribution in [2.75, 3.05) is 37.6 Å². The van der Waals surface area contributed by atoms with E-state index < -0.39 is 0 Å². The molecule has 7 heteroatoms. The predicted octanol–water partition coefficient (Wildman–Crippen LogP) is 3.36. The summed E-state index contributed by atoms with van der Waals surface area (Å²) < 4.78 is 5.03. The summed E-state index contributed by atoms with van der Waals surface area (Å²) in [5, 5.41) is 3.87. The second-order valence-corrected chi connectivity index (χ2v) is 8.25. The van der Waals surface area contributed by atoms with Crippen LogP contribution in [0.4, 0.5) is 5.69 Å². The number of halogens is 1. The molecule has 0 radical (unpaired) electrons. The molecule has 1 N–H and O–H groups in total. The molecule has 1 saturated heterocycles. The third-order valence-corrected chi connectivity index (χ3v) is 6.43. The second kappa shape index (κ2) is 8.53. The number of anilines is 1. The molecule has 28 heavy (non-hydrogen) atoms. The highest BCUT2D eigenvalue weighted by molar-refractivity contribution is 6.34. The molecule has 0 bridgehead atoms. The minimum atomic E-state index is -0.209. The standard InChI is InChI=1S/C21H27ClN4O2/c1-15-3-2-4-18(19(15)22)26-10-8-25(9-11-26)7-5-16-13-17(14-16)24-20(27)21-23-6-12-28-21/h2-4,6,12,16-17H,5,7-11,13-14H2,1H3,(H,24,27). The van der Waals surface area contributed by atoms with Crippen molar-refractivity contribution in [3.05, 3.63) is 47.1 Å². The summed E-state index contributed by atoms with van der Waals surface area (Å²) in [7, 11) is 0. The third kappa shape index (κ3) is 4.33. The second-order valence-electron chi connectivity index (χ2n) is 7.87. The van der Waals surface area contributed by atoms with Crippen LogP contribution in [0.1, 0.15) is 35.5 Å². The molecule has 2 aromatic rings. The van der Waals surface area contributed by atoms with Gasteiger partial charge < -0.3 is 14.6 Å². The number of oxazole rings is 1. The number of carbonyl (C=O) groups is 1. The Morgan fingerprint density at radius 2 is 2.07 bits per heavy atom. The maximum atomic E-state index is 11.9. The summed E-state index contributed by atoms with van der Waals surface area (Å²) in [5.74, 6) is 0.633. The van der Waals surface area contributed by atoms with Crippen molar-refractivity contribution in [3.63, 3.8) is 0 Å². The van der Waals surface area contributed by atoms with Crippen molar-refractivity contribution in [1.82, 2.24) is 15.2 Å². The van der Waals surface area contributed by atoms with Crippen molar-refractivity contribution in [2.45, 2.75) is 32.2 Å². The van der Waals surface area contributed by atoms with Gasteiger partial charge in [0, 0.05) is 32.2 Å². The Balaban J connectivity index is 1.15. The zero-order valence-electron chi connectivity index (χ0n) is 16.2. The van der Waals surface area contributed by atoms with Crippen molar-refractivity contribution in [2.24, 2.45) is 5.92 Å². The number of carbonyl (C=O) groups excluding carboxylic acids is 1. The first-order valence-electron chi connectivity index (χ1n) is 10.0. The van der Waals surface area contributed by atoms with Crippen LogP contribution in [-0.4, -0.2) is 54.6 Å². The van der Waals surface area contributed by atoms with Crippen molar-refractivity contribution >= 4 is 23.2 Å². The van der Waals surface area contributed by atoms with E-state index in [4.69, 9.17) is 16.0 Å². The van der Waals surface area contributed by atoms with Gasteiger partial charge in [0.15, 0.2) is 0 Å². The highest BCUT2D eigenvalue weighted by Crippen LogP contribution is 2.32. The van der Waals surface area contributed by atoms with Gasteiger partial charge in [-0.3, -0.25) is 9.69 Å². The lowest BCUT2D eigenvalue weighted by atomic mass is 9.78. The normalized spacial score (nSPS) is 22.7. The summed E-state index contributed by atoms with van der Waals surface area (Å²) in [4.78, 5) is 20.7. The summed E-state index contributed by atoms with van der Waals surface area (Å²) in [6, 6.07) is 6.51. The Kier molecular flexibility index (Phi) is 5.87. The maximum absolute atomic E-state index is 11.9. The number of hydrogen-bond donors (Lipinski definition) is 1. The van der Waals surface area contributed by atoms with E-state index in [9.17, 15) is 4.79 Å². The topological polar surface area (TPSA) is 61.6 Å². The van der Waals surface area contributed by atoms with Crippen LogP contribution < -0.4 is 10.2 Å². The van der Waals surface area contributed by atoms with Gasteiger partial charge in [-0.05, 0) is 50.3 Å². The van der Waals surface area contributed by atoms with Crippen LogP contribution in [0, 0.1) is 12.8 Å². The lowest BCUT2D eigenvalue weighted by molar-refractivity contribution is 0.0842. The van der Waals surface area contributed by atoms with Crippen molar-refractivity contribution in [3.8, 4) is 0 Å². The molecule has 150 valence electrons. The van der Waals surface area contributed by atoms with Gasteiger partial charge in [-0.1, -0.05) is 23.7 Å². The molecule has 0 spiro atoms. The molecule has 6 nitrogen and oxygen atoms in total. The zero-order chi connectivity index (χ0) is 19.5. The van der Waals surface area contributed by atoms with Gasteiger partial charge in [-0.25, -0.2) is 4.98 Å². The number of nitrogens with one attached hydrogen (secondary N) is 1. The van der Waals surface area contributed by atoms with Gasteiger partial charge in [-0.15, -0.1) is 0 Å². The van der Waals surface area contributed by atoms with Gasteiger partial charge in [0.1, 0.15) is 6.26 Å². The molecular weight excluding hydrogens is 376 g/mol. The first-order valence-corrected chi connectivity index (χ1v) is 10.4. The highest BCUT2D eigenvalue weighted by Gasteiger charge is 2.31. The van der Waals surface area contributed by atoms with E-state index in [1.165, 1.54) is 18.9 Å². The van der Waals surface area contributed by atoms with Gasteiger partial charge in [0.2, 0.25) is 0 Å². The molecule has 1 aliphatic heterocycles. The molecule has 2 aliphatic rings. The van der Waals surface area contributed by atoms with Crippen LogP contribution in [-0.2, 0) is 0 Å². The number of rotatable bonds is 6. The minimum Gasteiger partial charge on any atom is -0.441 e. The van der Waals surface area contributed by atoms with E-state index >= 15 is 0 Å². The average molecular weight is 403 g/mol. The SMILES string of the molecule is Cc1cccc(N2CCN(CCC3CC(NC(=O)c4ncco4)C3)CC2)c1Cl. The third-order valence-electron chi connectivity index (χ3n) is 5.94. The van der Waals surface area contributed by atoms with E-state index in [2.05, 4.69) is 45.2 Å². The van der Waals surface area contributed by atoms with Crippen LogP contribution in [0.2, 0.25) is 5.02 Å². The van der Waals surface area contributed by atoms with E-state index in [-0.39, 0.29) is 17.8 Å². The van der Waals surface area contributed by atoms with E-state index in [0.29, 0.717) is 5.92 Å². The van der Waals surface area contributed by atoms with Crippen LogP contribution >= 0.6 is 11.6 Å². The molecule has 1 saturated carbocycles. The van der Waals surface area contributed by atoms with Crippen LogP contribution in [0.5, 0.6) is 0 Å². The van der Waals surface area contributed by atoms with Gasteiger partial charge >= 0.3 is 5.91 Å². The lowest BCUT2D eigenvalue weighted by Crippen LogP contribution is -2.48. The maximum Gasteiger partial charge on any atom is 0.307 e. The van der Waals surface area contributed by atoms with Crippen LogP contribution in [0.3, 0.4) is 0 Å². The molecule has 2 fully saturated rings. The molecule has 2 heterocycles. The first kappa shape index (κ1) is 19.3. The number of aryl methyl sites for hydroxylation is 1. The molecule has 4 rings (SSSR count). The van der Waals surface area contributed by atoms with Crippen LogP contribution in [0.25, 0.3) is 0 Å². The van der Waals surface area contributed by atoms with Crippen LogP contribution in [0.15, 0.2) is 35.1 Å². The Bertz CT molecular complexity index is 797. The molecular formula is C21H27ClN4O2. The number of aromatic nitrogens is 1. The summed E-state index contributed by atoms with van der Waals surface area (Å²) >= 11 is 6.48. The Labute approximate surface area is 170 Å². The molecule has 1 amide bonds. The average Bonchev–Trinajstić information content (AvgIpc) is 3.21. The largest absolute Gasteiger partial charge is 0.441 e. The van der Waals surface area contributed by atoms with Gasteiger partial charge in [0.25, 0.3) is 5.89 Å². The van der Waals surface area contributed by atoms with Crippen molar-refractivity contribution in [1.29, 1.82) is 0 Å². The molecule has 0 atom stereocenters. The van der Waals surface area contributed by atoms with Gasteiger partial charge in [-0.2, -0.15) is 0 Å². The van der Waals surface area contributed by atoms with E-state index in [1.807, 2.05) is 0 Å². The molecule has 0 unspecified atom stereocenters. The zero-order valence-corrected chi connectivity index (χ0v) is 17.0. The number of amides is 1. The monoisotopic (exact) mass is 402 g/mol. The summed E-state index contributed by atoms with van der Waals surface area (Å²) in [5.41, 5.74) is 2.29. The van der Waals surface area contributed by atoms with E-state index in [1.54, 1.807) is 0 Å². The lowest BCUT2D eigenvalue weighted by Gasteiger charge is -2.39. The number of piperazine rings is 1. The highest BCUT2D eigenvalue weighted by atomic mass is 35.5. The fraction of sp³-hybridized carbons (Fsp3) is 0.524. The Hall–Kier alpha value is -2.05. The summed E-state index contributed by atoms with van der Waals surface area (Å²) in [6.45, 7) is 7.36. The number of hydrogen-bond acceptors (Lipinski definition) is 5. The molecule has 1 aromatic heterocycles. The Morgan fingerprint density at radius 1 is 1.29 bits per heavy atom. The van der Waals surface area contributed by atoms with Gasteiger partial charge in [0.05, 0.1) is 16.9 Å². The molecule has 1 aliphatic carbocycles. The smallest absolute Gasteiger partial charge is 0.307 e. The van der Waals surface area contributed by atoms with Crippen molar-refractivity contribution < 1.29 is 9.21 Å². The molecule has 1 aromatic carbocycles. The fourth-order valence-electron chi connectivity index (χ4n) is 4.13. The first-order chi connectivity index (χ1) is 13.6. The van der Waals surface area contributed by atoms with E-state index in [0.717, 1.165) is 61.8 Å². The number of nitrogens with zero attached hydrogens (tertiary/aromatic N) is 3. The summed E-state index contributed by atoms with van der Waals surface area (Å²) in [6.07, 6.45) is 6.20. The quantitative estimate of drug-likeness (QED) is 0.802. The minimum absolute atomic E-state index is 0.148. The number of benzene rings is 1. The predicted molar refractivity (Wildman–Crippen MR) is 110 cm³/mol.